The predicted molar refractivity (Wildman–Crippen MR) is 142 cm³/mol. The smallest absolute Gasteiger partial charge is 0.306 e. The van der Waals surface area contributed by atoms with Crippen LogP contribution in [0.2, 0.25) is 0 Å². The molecule has 0 radical (unpaired) electrons. The van der Waals surface area contributed by atoms with Crippen molar-refractivity contribution in [2.24, 2.45) is 23.0 Å². The number of ether oxygens (including phenoxy) is 1. The zero-order chi connectivity index (χ0) is 27.4. The average molecular weight is 525 g/mol. The van der Waals surface area contributed by atoms with Crippen LogP contribution >= 0.6 is 11.3 Å². The van der Waals surface area contributed by atoms with Gasteiger partial charge in [-0.3, -0.25) is 9.59 Å². The zero-order valence-corrected chi connectivity index (χ0v) is 23.5. The minimum atomic E-state index is -1.31. The number of carboxylic acid groups (broad SMARTS) is 1. The highest BCUT2D eigenvalue weighted by Crippen LogP contribution is 2.44. The van der Waals surface area contributed by atoms with Crippen LogP contribution < -0.4 is 5.73 Å². The van der Waals surface area contributed by atoms with E-state index >= 15 is 0 Å². The van der Waals surface area contributed by atoms with Gasteiger partial charge >= 0.3 is 5.97 Å². The lowest BCUT2D eigenvalue weighted by Gasteiger charge is -2.34. The minimum Gasteiger partial charge on any atom is -0.481 e. The number of carboxylic acids is 1. The van der Waals surface area contributed by atoms with E-state index in [0.29, 0.717) is 0 Å². The number of Topliss-reactive ketones (excluding diaryl/α,β-unsaturated/α-hetero) is 1. The number of aliphatic hydroxyl groups is 2. The van der Waals surface area contributed by atoms with Gasteiger partial charge in [-0.05, 0) is 52.0 Å². The Morgan fingerprint density at radius 3 is 2.53 bits per heavy atom. The summed E-state index contributed by atoms with van der Waals surface area (Å²) in [6, 6.07) is -0.0910. The number of epoxide rings is 1. The van der Waals surface area contributed by atoms with E-state index in [2.05, 4.69) is 18.0 Å². The summed E-state index contributed by atoms with van der Waals surface area (Å²) in [5.74, 6) is -2.35. The van der Waals surface area contributed by atoms with Gasteiger partial charge in [0.2, 0.25) is 0 Å². The second-order valence-corrected chi connectivity index (χ2v) is 12.5. The van der Waals surface area contributed by atoms with Crippen LogP contribution in [0.4, 0.5) is 0 Å². The molecular formula is C27H44N2O6S. The maximum Gasteiger partial charge on any atom is 0.306 e. The van der Waals surface area contributed by atoms with Crippen molar-refractivity contribution in [3.05, 3.63) is 21.7 Å². The fourth-order valence-corrected chi connectivity index (χ4v) is 5.56. The van der Waals surface area contributed by atoms with Crippen LogP contribution in [0, 0.1) is 24.2 Å². The lowest BCUT2D eigenvalue weighted by atomic mass is 9.73. The quantitative estimate of drug-likeness (QED) is 0.252. The molecule has 0 saturated carbocycles. The van der Waals surface area contributed by atoms with Crippen molar-refractivity contribution in [3.63, 3.8) is 0 Å². The van der Waals surface area contributed by atoms with Crippen LogP contribution in [0.1, 0.15) is 83.5 Å². The Bertz CT molecular complexity index is 944. The number of nitrogens with two attached hydrogens (primary N) is 1. The van der Waals surface area contributed by atoms with Crippen molar-refractivity contribution in [2.75, 3.05) is 0 Å². The minimum absolute atomic E-state index is 0.0910. The molecule has 0 amide bonds. The second kappa shape index (κ2) is 12.3. The third-order valence-electron chi connectivity index (χ3n) is 7.77. The largest absolute Gasteiger partial charge is 0.481 e. The van der Waals surface area contributed by atoms with E-state index in [1.165, 1.54) is 13.8 Å². The molecular weight excluding hydrogens is 480 g/mol. The molecule has 204 valence electrons. The number of aliphatic hydroxyl groups excluding tert-OH is 2. The van der Waals surface area contributed by atoms with Gasteiger partial charge in [-0.15, -0.1) is 11.3 Å². The van der Waals surface area contributed by atoms with Gasteiger partial charge < -0.3 is 25.8 Å². The molecule has 1 saturated heterocycles. The summed E-state index contributed by atoms with van der Waals surface area (Å²) in [5, 5.41) is 31.0. The molecule has 1 aromatic rings. The Morgan fingerprint density at radius 1 is 1.33 bits per heavy atom. The van der Waals surface area contributed by atoms with E-state index in [1.54, 1.807) is 18.3 Å². The van der Waals surface area contributed by atoms with E-state index in [4.69, 9.17) is 15.6 Å². The molecule has 0 bridgehead atoms. The van der Waals surface area contributed by atoms with Crippen LogP contribution in [-0.2, 0) is 14.3 Å². The van der Waals surface area contributed by atoms with Crippen molar-refractivity contribution in [1.29, 1.82) is 0 Å². The Balaban J connectivity index is 1.80. The van der Waals surface area contributed by atoms with Crippen LogP contribution in [-0.4, -0.2) is 62.0 Å². The van der Waals surface area contributed by atoms with Crippen molar-refractivity contribution < 1.29 is 29.6 Å². The van der Waals surface area contributed by atoms with Gasteiger partial charge in [0, 0.05) is 23.0 Å². The van der Waals surface area contributed by atoms with Crippen LogP contribution in [0.25, 0.3) is 6.08 Å². The van der Waals surface area contributed by atoms with Gasteiger partial charge in [0.05, 0.1) is 40.8 Å². The van der Waals surface area contributed by atoms with Crippen LogP contribution in [0.5, 0.6) is 0 Å². The molecule has 0 aliphatic carbocycles. The first-order chi connectivity index (χ1) is 16.6. The number of carbonyl (C=O) groups excluding carboxylic acids is 1. The monoisotopic (exact) mass is 524 g/mol. The molecule has 8 nitrogen and oxygen atoms in total. The van der Waals surface area contributed by atoms with Gasteiger partial charge in [0.1, 0.15) is 5.78 Å². The molecule has 7 atom stereocenters. The van der Waals surface area contributed by atoms with Crippen molar-refractivity contribution >= 4 is 29.2 Å². The summed E-state index contributed by atoms with van der Waals surface area (Å²) in [6.45, 7) is 12.7. The Kier molecular flexibility index (Phi) is 10.4. The number of aryl methyl sites for hydroxylation is 1. The summed E-state index contributed by atoms with van der Waals surface area (Å²) < 4.78 is 6.00. The molecule has 0 spiro atoms. The normalized spacial score (nSPS) is 24.6. The Labute approximate surface area is 219 Å². The van der Waals surface area contributed by atoms with Gasteiger partial charge in [0.25, 0.3) is 0 Å². The first-order valence-corrected chi connectivity index (χ1v) is 13.6. The topological polar surface area (TPSA) is 146 Å². The summed E-state index contributed by atoms with van der Waals surface area (Å²) >= 11 is 1.64. The van der Waals surface area contributed by atoms with Gasteiger partial charge in [0.15, 0.2) is 0 Å². The average Bonchev–Trinajstić information content (AvgIpc) is 3.22. The zero-order valence-electron chi connectivity index (χ0n) is 22.7. The lowest BCUT2D eigenvalue weighted by molar-refractivity contribution is -0.147. The second-order valence-electron chi connectivity index (χ2n) is 11.3. The molecule has 1 aliphatic heterocycles. The number of aliphatic carboxylic acids is 1. The fourth-order valence-electron chi connectivity index (χ4n) is 4.77. The molecule has 7 unspecified atom stereocenters. The molecule has 0 aromatic carbocycles. The standard InChI is InChI=1S/C27H44N2O6S/c1-15(24(33)17(3)25(34)26(5,6)21(30)13-23(31)32)9-8-10-27(7)22(35-27)12-20(28)16(2)11-19-14-29-18(4)36-19/h11,14-15,17,20-22,24,30,33H,8-10,12-13,28H2,1-7H3,(H,31,32)/b16-11+. The molecule has 2 heterocycles. The molecule has 9 heteroatoms. The number of carbonyl (C=O) groups is 2. The van der Waals surface area contributed by atoms with Crippen molar-refractivity contribution in [3.8, 4) is 0 Å². The number of ketones is 1. The van der Waals surface area contributed by atoms with Gasteiger partial charge in [-0.2, -0.15) is 0 Å². The number of aromatic nitrogens is 1. The maximum atomic E-state index is 12.9. The Hall–Kier alpha value is -1.65. The molecule has 36 heavy (non-hydrogen) atoms. The highest BCUT2D eigenvalue weighted by atomic mass is 32.1. The highest BCUT2D eigenvalue weighted by molar-refractivity contribution is 7.12. The molecule has 5 N–H and O–H groups in total. The first-order valence-electron chi connectivity index (χ1n) is 12.7. The molecule has 1 fully saturated rings. The lowest BCUT2D eigenvalue weighted by Crippen LogP contribution is -2.45. The summed E-state index contributed by atoms with van der Waals surface area (Å²) in [7, 11) is 0. The fraction of sp³-hybridized carbons (Fsp3) is 0.741. The number of rotatable bonds is 15. The summed E-state index contributed by atoms with van der Waals surface area (Å²) in [4.78, 5) is 29.3. The van der Waals surface area contributed by atoms with E-state index in [0.717, 1.165) is 41.1 Å². The predicted octanol–water partition coefficient (Wildman–Crippen LogP) is 3.96. The highest BCUT2D eigenvalue weighted by Gasteiger charge is 2.51. The maximum absolute atomic E-state index is 12.9. The molecule has 1 aromatic heterocycles. The summed E-state index contributed by atoms with van der Waals surface area (Å²) in [6.07, 6.45) is 4.47. The van der Waals surface area contributed by atoms with Crippen molar-refractivity contribution in [2.45, 2.75) is 111 Å². The van der Waals surface area contributed by atoms with Crippen LogP contribution in [0.3, 0.4) is 0 Å². The Morgan fingerprint density at radius 2 is 1.97 bits per heavy atom. The van der Waals surface area contributed by atoms with E-state index in [1.807, 2.05) is 27.0 Å². The summed E-state index contributed by atoms with van der Waals surface area (Å²) in [5.41, 5.74) is 6.03. The van der Waals surface area contributed by atoms with Crippen molar-refractivity contribution in [1.82, 2.24) is 4.98 Å². The first kappa shape index (κ1) is 30.6. The third-order valence-corrected chi connectivity index (χ3v) is 8.63. The SMILES string of the molecule is C/C(=C\c1cnc(C)s1)C(N)CC1OC1(C)CCCC(C)C(O)C(C)C(=O)C(C)(C)C(O)CC(=O)O. The van der Waals surface area contributed by atoms with Gasteiger partial charge in [-0.25, -0.2) is 4.98 Å². The number of hydrogen-bond donors (Lipinski definition) is 4. The van der Waals surface area contributed by atoms with E-state index in [-0.39, 0.29) is 29.4 Å². The third kappa shape index (κ3) is 7.92. The van der Waals surface area contributed by atoms with E-state index < -0.39 is 35.9 Å². The number of thiazole rings is 1. The number of hydrogen-bond acceptors (Lipinski definition) is 8. The van der Waals surface area contributed by atoms with Crippen LogP contribution in [0.15, 0.2) is 11.8 Å². The molecule has 2 rings (SSSR count). The number of nitrogens with zero attached hydrogens (tertiary/aromatic N) is 1. The van der Waals surface area contributed by atoms with E-state index in [9.17, 15) is 19.8 Å². The van der Waals surface area contributed by atoms with Gasteiger partial charge in [-0.1, -0.05) is 39.7 Å². The molecule has 1 aliphatic rings.